The molecule has 0 saturated carbocycles. The van der Waals surface area contributed by atoms with Crippen LogP contribution in [0.1, 0.15) is 19.4 Å². The first-order valence-corrected chi connectivity index (χ1v) is 7.78. The van der Waals surface area contributed by atoms with Crippen LogP contribution in [0.3, 0.4) is 0 Å². The van der Waals surface area contributed by atoms with E-state index in [0.717, 1.165) is 43.7 Å². The molecule has 2 N–H and O–H groups in total. The summed E-state index contributed by atoms with van der Waals surface area (Å²) in [5.41, 5.74) is 1.55. The van der Waals surface area contributed by atoms with Gasteiger partial charge in [-0.2, -0.15) is 0 Å². The molecule has 0 atom stereocenters. The second kappa shape index (κ2) is 6.84. The zero-order valence-electron chi connectivity index (χ0n) is 11.9. The van der Waals surface area contributed by atoms with E-state index in [-0.39, 0.29) is 5.54 Å². The van der Waals surface area contributed by atoms with E-state index in [1.165, 1.54) is 5.56 Å². The van der Waals surface area contributed by atoms with E-state index in [4.69, 9.17) is 0 Å². The van der Waals surface area contributed by atoms with Gasteiger partial charge < -0.3 is 10.6 Å². The smallest absolute Gasteiger partial charge is 0.0278 e. The third kappa shape index (κ3) is 4.56. The van der Waals surface area contributed by atoms with E-state index in [1.807, 2.05) is 0 Å². The highest BCUT2D eigenvalue weighted by molar-refractivity contribution is 9.10. The minimum Gasteiger partial charge on any atom is -0.314 e. The molecule has 3 nitrogen and oxygen atoms in total. The van der Waals surface area contributed by atoms with Crippen molar-refractivity contribution < 1.29 is 0 Å². The number of hydrogen-bond donors (Lipinski definition) is 2. The predicted octanol–water partition coefficient (Wildman–Crippen LogP) is 2.22. The molecule has 0 amide bonds. The molecular weight excluding hydrogens is 302 g/mol. The van der Waals surface area contributed by atoms with E-state index < -0.39 is 0 Å². The molecule has 1 saturated heterocycles. The van der Waals surface area contributed by atoms with Crippen LogP contribution in [-0.2, 0) is 6.54 Å². The molecule has 106 valence electrons. The Hall–Kier alpha value is -0.420. The zero-order valence-corrected chi connectivity index (χ0v) is 13.5. The molecular formula is C15H24BrN3. The van der Waals surface area contributed by atoms with Crippen LogP contribution in [0.4, 0.5) is 0 Å². The lowest BCUT2D eigenvalue weighted by Gasteiger charge is -2.41. The minimum absolute atomic E-state index is 0.220. The lowest BCUT2D eigenvalue weighted by molar-refractivity contribution is 0.102. The van der Waals surface area contributed by atoms with Crippen molar-refractivity contribution >= 4 is 15.9 Å². The van der Waals surface area contributed by atoms with Gasteiger partial charge in [-0.1, -0.05) is 28.1 Å². The maximum absolute atomic E-state index is 3.58. The highest BCUT2D eigenvalue weighted by Crippen LogP contribution is 2.14. The monoisotopic (exact) mass is 325 g/mol. The van der Waals surface area contributed by atoms with Crippen LogP contribution < -0.4 is 10.6 Å². The summed E-state index contributed by atoms with van der Waals surface area (Å²) in [7, 11) is 0. The molecule has 4 heteroatoms. The molecule has 0 radical (unpaired) electrons. The van der Waals surface area contributed by atoms with Crippen LogP contribution in [0.25, 0.3) is 0 Å². The third-order valence-electron chi connectivity index (χ3n) is 3.77. The van der Waals surface area contributed by atoms with Crippen molar-refractivity contribution in [1.29, 1.82) is 0 Å². The van der Waals surface area contributed by atoms with Crippen molar-refractivity contribution in [1.82, 2.24) is 15.5 Å². The fourth-order valence-electron chi connectivity index (χ4n) is 2.50. The summed E-state index contributed by atoms with van der Waals surface area (Å²) >= 11 is 3.46. The summed E-state index contributed by atoms with van der Waals surface area (Å²) in [5, 5.41) is 6.99. The Bertz CT molecular complexity index is 383. The van der Waals surface area contributed by atoms with Gasteiger partial charge in [0.1, 0.15) is 0 Å². The van der Waals surface area contributed by atoms with Crippen molar-refractivity contribution in [3.05, 3.63) is 34.3 Å². The standard InChI is InChI=1S/C15H24BrN3/c1-15(2,19-9-7-17-8-10-19)12-18-11-13-3-5-14(16)6-4-13/h3-6,17-18H,7-12H2,1-2H3. The number of nitrogens with zero attached hydrogens (tertiary/aromatic N) is 1. The van der Waals surface area contributed by atoms with Crippen molar-refractivity contribution in [2.24, 2.45) is 0 Å². The highest BCUT2D eigenvalue weighted by atomic mass is 79.9. The number of halogens is 1. The van der Waals surface area contributed by atoms with Crippen molar-refractivity contribution in [3.8, 4) is 0 Å². The van der Waals surface area contributed by atoms with Crippen LogP contribution in [-0.4, -0.2) is 43.2 Å². The maximum atomic E-state index is 3.58. The second-order valence-corrected chi connectivity index (χ2v) is 6.70. The fraction of sp³-hybridized carbons (Fsp3) is 0.600. The first kappa shape index (κ1) is 15.0. The van der Waals surface area contributed by atoms with Gasteiger partial charge in [-0.15, -0.1) is 0 Å². The van der Waals surface area contributed by atoms with Gasteiger partial charge in [-0.05, 0) is 31.5 Å². The molecule has 1 aromatic carbocycles. The molecule has 2 rings (SSSR count). The highest BCUT2D eigenvalue weighted by Gasteiger charge is 2.27. The Morgan fingerprint density at radius 1 is 1.21 bits per heavy atom. The van der Waals surface area contributed by atoms with Gasteiger partial charge in [0.05, 0.1) is 0 Å². The molecule has 19 heavy (non-hydrogen) atoms. The van der Waals surface area contributed by atoms with E-state index in [1.54, 1.807) is 0 Å². The number of rotatable bonds is 5. The summed E-state index contributed by atoms with van der Waals surface area (Å²) in [6.07, 6.45) is 0. The molecule has 0 aromatic heterocycles. The van der Waals surface area contributed by atoms with Gasteiger partial charge in [0.2, 0.25) is 0 Å². The van der Waals surface area contributed by atoms with E-state index >= 15 is 0 Å². The molecule has 1 fully saturated rings. The van der Waals surface area contributed by atoms with E-state index in [2.05, 4.69) is 69.6 Å². The average molecular weight is 326 g/mol. The fourth-order valence-corrected chi connectivity index (χ4v) is 2.76. The van der Waals surface area contributed by atoms with E-state index in [9.17, 15) is 0 Å². The Morgan fingerprint density at radius 2 is 1.84 bits per heavy atom. The van der Waals surface area contributed by atoms with Crippen molar-refractivity contribution in [2.75, 3.05) is 32.7 Å². The first-order chi connectivity index (χ1) is 9.08. The molecule has 0 bridgehead atoms. The summed E-state index contributed by atoms with van der Waals surface area (Å²) in [5.74, 6) is 0. The molecule has 0 aliphatic carbocycles. The van der Waals surface area contributed by atoms with Crippen LogP contribution in [0.5, 0.6) is 0 Å². The van der Waals surface area contributed by atoms with Crippen LogP contribution in [0.15, 0.2) is 28.7 Å². The minimum atomic E-state index is 0.220. The quantitative estimate of drug-likeness (QED) is 0.869. The largest absolute Gasteiger partial charge is 0.314 e. The summed E-state index contributed by atoms with van der Waals surface area (Å²) in [4.78, 5) is 2.57. The topological polar surface area (TPSA) is 27.3 Å². The number of piperazine rings is 1. The lowest BCUT2D eigenvalue weighted by Crippen LogP contribution is -2.57. The van der Waals surface area contributed by atoms with Gasteiger partial charge in [0.15, 0.2) is 0 Å². The van der Waals surface area contributed by atoms with Crippen molar-refractivity contribution in [2.45, 2.75) is 25.9 Å². The second-order valence-electron chi connectivity index (χ2n) is 5.78. The molecule has 0 spiro atoms. The summed E-state index contributed by atoms with van der Waals surface area (Å²) in [6, 6.07) is 8.51. The number of hydrogen-bond acceptors (Lipinski definition) is 3. The van der Waals surface area contributed by atoms with Gasteiger partial charge in [0.25, 0.3) is 0 Å². The molecule has 1 aliphatic heterocycles. The lowest BCUT2D eigenvalue weighted by atomic mass is 10.0. The third-order valence-corrected chi connectivity index (χ3v) is 4.30. The predicted molar refractivity (Wildman–Crippen MR) is 84.4 cm³/mol. The van der Waals surface area contributed by atoms with E-state index in [0.29, 0.717) is 0 Å². The summed E-state index contributed by atoms with van der Waals surface area (Å²) in [6.45, 7) is 11.1. The van der Waals surface area contributed by atoms with Gasteiger partial charge in [-0.25, -0.2) is 0 Å². The van der Waals surface area contributed by atoms with Gasteiger partial charge >= 0.3 is 0 Å². The molecule has 1 aliphatic rings. The average Bonchev–Trinajstić information content (AvgIpc) is 2.42. The first-order valence-electron chi connectivity index (χ1n) is 6.99. The van der Waals surface area contributed by atoms with Gasteiger partial charge in [-0.3, -0.25) is 4.90 Å². The Morgan fingerprint density at radius 3 is 2.47 bits per heavy atom. The van der Waals surface area contributed by atoms with Gasteiger partial charge in [0, 0.05) is 49.3 Å². The van der Waals surface area contributed by atoms with Crippen LogP contribution in [0, 0.1) is 0 Å². The van der Waals surface area contributed by atoms with Crippen LogP contribution in [0.2, 0.25) is 0 Å². The zero-order chi connectivity index (χ0) is 13.7. The number of nitrogens with one attached hydrogen (secondary N) is 2. The summed E-state index contributed by atoms with van der Waals surface area (Å²) < 4.78 is 1.14. The Kier molecular flexibility index (Phi) is 5.39. The molecule has 0 unspecified atom stereocenters. The Labute approximate surface area is 124 Å². The number of benzene rings is 1. The SMILES string of the molecule is CC(C)(CNCc1ccc(Br)cc1)N1CCNCC1. The normalized spacial score (nSPS) is 17.6. The van der Waals surface area contributed by atoms with Crippen molar-refractivity contribution in [3.63, 3.8) is 0 Å². The Balaban J connectivity index is 1.78. The maximum Gasteiger partial charge on any atom is 0.0278 e. The van der Waals surface area contributed by atoms with Crippen LogP contribution >= 0.6 is 15.9 Å². The molecule has 1 aromatic rings. The molecule has 1 heterocycles.